The van der Waals surface area contributed by atoms with Gasteiger partial charge >= 0.3 is 0 Å². The first kappa shape index (κ1) is 26.4. The summed E-state index contributed by atoms with van der Waals surface area (Å²) in [4.78, 5) is 37.8. The number of hydrogen-bond acceptors (Lipinski definition) is 12. The van der Waals surface area contributed by atoms with Gasteiger partial charge in [0.15, 0.2) is 11.5 Å². The molecule has 0 saturated carbocycles. The van der Waals surface area contributed by atoms with Gasteiger partial charge in [-0.25, -0.2) is 15.0 Å². The lowest BCUT2D eigenvalue weighted by Gasteiger charge is -2.29. The second-order valence-electron chi connectivity index (χ2n) is 9.77. The number of aromatic nitrogens is 2. The van der Waals surface area contributed by atoms with Gasteiger partial charge in [0.05, 0.1) is 52.3 Å². The number of guanidine groups is 1. The van der Waals surface area contributed by atoms with E-state index in [0.717, 1.165) is 63.8 Å². The molecule has 2 fully saturated rings. The molecule has 4 aliphatic rings. The lowest BCUT2D eigenvalue weighted by Crippen LogP contribution is -2.47. The number of amides is 1. The van der Waals surface area contributed by atoms with Gasteiger partial charge in [0, 0.05) is 57.2 Å². The Bertz CT molecular complexity index is 1270. The zero-order chi connectivity index (χ0) is 27.3. The van der Waals surface area contributed by atoms with Gasteiger partial charge in [0.1, 0.15) is 11.5 Å². The highest BCUT2D eigenvalue weighted by molar-refractivity contribution is 6.20. The number of ether oxygens (including phenoxy) is 4. The number of hydrogen-bond donors (Lipinski definition) is 1. The minimum atomic E-state index is -0.350. The van der Waals surface area contributed by atoms with Crippen LogP contribution in [0.1, 0.15) is 22.3 Å². The fourth-order valence-corrected chi connectivity index (χ4v) is 5.13. The Morgan fingerprint density at radius 1 is 1.02 bits per heavy atom. The largest absolute Gasteiger partial charge is 0.491 e. The van der Waals surface area contributed by atoms with Gasteiger partial charge in [-0.15, -0.1) is 0 Å². The van der Waals surface area contributed by atoms with Crippen molar-refractivity contribution >= 4 is 29.3 Å². The van der Waals surface area contributed by atoms with E-state index in [0.29, 0.717) is 67.6 Å². The fourth-order valence-electron chi connectivity index (χ4n) is 5.13. The minimum Gasteiger partial charge on any atom is -0.491 e. The Hall–Kier alpha value is -3.81. The van der Waals surface area contributed by atoms with Crippen LogP contribution in [0, 0.1) is 0 Å². The van der Waals surface area contributed by atoms with Crippen LogP contribution in [0.3, 0.4) is 0 Å². The molecule has 1 amide bonds. The van der Waals surface area contributed by atoms with Gasteiger partial charge in [0.2, 0.25) is 11.9 Å². The zero-order valence-electron chi connectivity index (χ0n) is 22.7. The van der Waals surface area contributed by atoms with E-state index >= 15 is 0 Å². The molecule has 2 saturated heterocycles. The molecular weight excluding hydrogens is 516 g/mol. The zero-order valence-corrected chi connectivity index (χ0v) is 22.7. The van der Waals surface area contributed by atoms with Gasteiger partial charge in [0.25, 0.3) is 5.91 Å². The molecule has 40 heavy (non-hydrogen) atoms. The molecule has 0 aliphatic carbocycles. The molecule has 4 aliphatic heterocycles. The molecule has 0 bridgehead atoms. The maximum atomic E-state index is 13.2. The van der Waals surface area contributed by atoms with Crippen molar-refractivity contribution < 1.29 is 23.7 Å². The van der Waals surface area contributed by atoms with Crippen LogP contribution in [-0.4, -0.2) is 123 Å². The Kier molecular flexibility index (Phi) is 8.02. The van der Waals surface area contributed by atoms with E-state index in [-0.39, 0.29) is 5.91 Å². The van der Waals surface area contributed by atoms with Gasteiger partial charge in [-0.2, -0.15) is 0 Å². The monoisotopic (exact) mass is 550 g/mol. The van der Waals surface area contributed by atoms with Crippen molar-refractivity contribution in [3.8, 4) is 11.5 Å². The van der Waals surface area contributed by atoms with Crippen molar-refractivity contribution in [2.24, 2.45) is 9.98 Å². The number of anilines is 1. The van der Waals surface area contributed by atoms with E-state index in [1.54, 1.807) is 7.11 Å². The molecule has 1 aromatic heterocycles. The Morgan fingerprint density at radius 3 is 2.52 bits per heavy atom. The number of carbonyl (C=O) groups is 1. The number of morpholine rings is 2. The van der Waals surface area contributed by atoms with Crippen LogP contribution in [0.4, 0.5) is 11.6 Å². The van der Waals surface area contributed by atoms with Crippen LogP contribution in [-0.2, 0) is 9.47 Å². The van der Waals surface area contributed by atoms with Crippen molar-refractivity contribution in [2.75, 3.05) is 90.9 Å². The maximum Gasteiger partial charge on any atom is 0.261 e. The Balaban J connectivity index is 1.17. The molecule has 6 rings (SSSR count). The average Bonchev–Trinajstić information content (AvgIpc) is 3.51. The second-order valence-corrected chi connectivity index (χ2v) is 9.77. The molecule has 2 aromatic rings. The summed E-state index contributed by atoms with van der Waals surface area (Å²) in [6.45, 7) is 8.90. The maximum absolute atomic E-state index is 13.2. The SMILES string of the molecule is COc1c(OCCCN2CCOCC2)ccc2c1N=C(NC(=O)c1cnc(N3CCOCC3)nc1)N1CCN=C21. The van der Waals surface area contributed by atoms with Gasteiger partial charge < -0.3 is 23.8 Å². The van der Waals surface area contributed by atoms with Crippen molar-refractivity contribution in [3.63, 3.8) is 0 Å². The van der Waals surface area contributed by atoms with E-state index in [9.17, 15) is 4.79 Å². The molecule has 13 nitrogen and oxygen atoms in total. The first-order valence-electron chi connectivity index (χ1n) is 13.7. The molecule has 0 radical (unpaired) electrons. The number of fused-ring (bicyclic) bond motifs is 3. The number of methoxy groups -OCH3 is 1. The molecule has 1 N–H and O–H groups in total. The molecule has 1 aromatic carbocycles. The van der Waals surface area contributed by atoms with E-state index in [1.165, 1.54) is 12.4 Å². The third-order valence-corrected chi connectivity index (χ3v) is 7.25. The van der Waals surface area contributed by atoms with E-state index in [4.69, 9.17) is 23.9 Å². The molecule has 212 valence electrons. The second kappa shape index (κ2) is 12.1. The highest BCUT2D eigenvalue weighted by Crippen LogP contribution is 2.43. The number of nitrogens with zero attached hydrogens (tertiary/aromatic N) is 7. The Labute approximate surface area is 232 Å². The number of rotatable bonds is 8. The third-order valence-electron chi connectivity index (χ3n) is 7.25. The van der Waals surface area contributed by atoms with E-state index < -0.39 is 0 Å². The summed E-state index contributed by atoms with van der Waals surface area (Å²) in [6, 6.07) is 3.85. The summed E-state index contributed by atoms with van der Waals surface area (Å²) < 4.78 is 22.7. The summed E-state index contributed by atoms with van der Waals surface area (Å²) in [6.07, 6.45) is 3.96. The van der Waals surface area contributed by atoms with Crippen LogP contribution in [0.25, 0.3) is 0 Å². The number of aliphatic imine (C=N–C) groups is 2. The van der Waals surface area contributed by atoms with Crippen molar-refractivity contribution in [1.82, 2.24) is 25.1 Å². The van der Waals surface area contributed by atoms with Gasteiger partial charge in [-0.3, -0.25) is 24.9 Å². The van der Waals surface area contributed by atoms with Crippen molar-refractivity contribution in [3.05, 3.63) is 35.7 Å². The Morgan fingerprint density at radius 2 is 1.77 bits per heavy atom. The average molecular weight is 551 g/mol. The first-order chi connectivity index (χ1) is 19.7. The van der Waals surface area contributed by atoms with E-state index in [1.807, 2.05) is 21.9 Å². The summed E-state index contributed by atoms with van der Waals surface area (Å²) in [5.41, 5.74) is 1.76. The predicted molar refractivity (Wildman–Crippen MR) is 148 cm³/mol. The molecule has 0 unspecified atom stereocenters. The van der Waals surface area contributed by atoms with Crippen LogP contribution in [0.2, 0.25) is 0 Å². The normalized spacial score (nSPS) is 18.9. The smallest absolute Gasteiger partial charge is 0.261 e. The minimum absolute atomic E-state index is 0.340. The molecule has 0 atom stereocenters. The standard InChI is InChI=1S/C27H34N8O5/c1-37-23-21(40-12-2-6-33-8-13-38-14-9-33)4-3-20-22(23)31-27(35-7-5-28-24(20)35)32-25(36)19-17-29-26(30-18-19)34-10-15-39-16-11-34/h3-4,17-18H,2,5-16H2,1H3,(H,31,32,36). The summed E-state index contributed by atoms with van der Waals surface area (Å²) in [7, 11) is 1.60. The summed E-state index contributed by atoms with van der Waals surface area (Å²) in [5.74, 6) is 2.49. The fraction of sp³-hybridized carbons (Fsp3) is 0.519. The van der Waals surface area contributed by atoms with Crippen LogP contribution in [0.15, 0.2) is 34.5 Å². The molecule has 13 heteroatoms. The number of amidine groups is 1. The van der Waals surface area contributed by atoms with Crippen LogP contribution >= 0.6 is 0 Å². The molecular formula is C27H34N8O5. The molecule has 0 spiro atoms. The van der Waals surface area contributed by atoms with Crippen LogP contribution in [0.5, 0.6) is 11.5 Å². The van der Waals surface area contributed by atoms with Gasteiger partial charge in [-0.05, 0) is 18.6 Å². The lowest BCUT2D eigenvalue weighted by atomic mass is 10.1. The lowest BCUT2D eigenvalue weighted by molar-refractivity contribution is 0.0357. The predicted octanol–water partition coefficient (Wildman–Crippen LogP) is 0.916. The number of benzene rings is 1. The molecule has 5 heterocycles. The topological polar surface area (TPSA) is 126 Å². The van der Waals surface area contributed by atoms with Crippen LogP contribution < -0.4 is 19.7 Å². The van der Waals surface area contributed by atoms with Crippen molar-refractivity contribution in [1.29, 1.82) is 0 Å². The van der Waals surface area contributed by atoms with Crippen molar-refractivity contribution in [2.45, 2.75) is 6.42 Å². The van der Waals surface area contributed by atoms with Gasteiger partial charge in [-0.1, -0.05) is 0 Å². The first-order valence-corrected chi connectivity index (χ1v) is 13.7. The summed E-state index contributed by atoms with van der Waals surface area (Å²) >= 11 is 0. The number of carbonyl (C=O) groups excluding carboxylic acids is 1. The number of nitrogens with one attached hydrogen (secondary N) is 1. The summed E-state index contributed by atoms with van der Waals surface area (Å²) in [5, 5.41) is 2.94. The highest BCUT2D eigenvalue weighted by Gasteiger charge is 2.33. The van der Waals surface area contributed by atoms with E-state index in [2.05, 4.69) is 25.2 Å². The highest BCUT2D eigenvalue weighted by atomic mass is 16.5. The third kappa shape index (κ3) is 5.58. The quantitative estimate of drug-likeness (QED) is 0.474.